The Balaban J connectivity index is 2.02. The van der Waals surface area contributed by atoms with Crippen molar-refractivity contribution in [2.45, 2.75) is 0 Å². The van der Waals surface area contributed by atoms with Gasteiger partial charge in [-0.3, -0.25) is 0 Å². The van der Waals surface area contributed by atoms with Gasteiger partial charge in [-0.15, -0.1) is 0 Å². The molecule has 0 saturated carbocycles. The van der Waals surface area contributed by atoms with Gasteiger partial charge in [-0.25, -0.2) is 14.4 Å². The van der Waals surface area contributed by atoms with Crippen LogP contribution in [0.25, 0.3) is 10.9 Å². The number of ether oxygens (including phenoxy) is 2. The van der Waals surface area contributed by atoms with Crippen molar-refractivity contribution in [1.29, 1.82) is 0 Å². The van der Waals surface area contributed by atoms with E-state index in [0.29, 0.717) is 16.7 Å². The summed E-state index contributed by atoms with van der Waals surface area (Å²) in [6, 6.07) is 10.3. The largest absolute Gasteiger partial charge is 0.497 e. The number of rotatable bonds is 4. The molecule has 3 aromatic rings. The number of aromatic nitrogens is 2. The van der Waals surface area contributed by atoms with E-state index in [0.717, 1.165) is 11.4 Å². The van der Waals surface area contributed by atoms with Crippen LogP contribution in [0.4, 0.5) is 15.9 Å². The Hall–Kier alpha value is -2.89. The number of methoxy groups -OCH3 is 2. The molecular weight excluding hydrogens is 285 g/mol. The smallest absolute Gasteiger partial charge is 0.167 e. The molecule has 0 aliphatic carbocycles. The summed E-state index contributed by atoms with van der Waals surface area (Å²) in [6.07, 6.45) is 1.39. The number of benzene rings is 2. The minimum absolute atomic E-state index is 0.153. The van der Waals surface area contributed by atoms with Gasteiger partial charge in [0.25, 0.3) is 0 Å². The van der Waals surface area contributed by atoms with Crippen LogP contribution in [0.5, 0.6) is 11.5 Å². The summed E-state index contributed by atoms with van der Waals surface area (Å²) < 4.78 is 23.9. The summed E-state index contributed by atoms with van der Waals surface area (Å²) in [4.78, 5) is 8.30. The zero-order valence-corrected chi connectivity index (χ0v) is 12.1. The first kappa shape index (κ1) is 14.1. The first-order chi connectivity index (χ1) is 10.7. The van der Waals surface area contributed by atoms with Crippen molar-refractivity contribution in [1.82, 2.24) is 9.97 Å². The first-order valence-electron chi connectivity index (χ1n) is 6.60. The highest BCUT2D eigenvalue weighted by molar-refractivity contribution is 5.91. The molecule has 22 heavy (non-hydrogen) atoms. The van der Waals surface area contributed by atoms with Crippen molar-refractivity contribution >= 4 is 22.4 Å². The highest BCUT2D eigenvalue weighted by Crippen LogP contribution is 2.29. The van der Waals surface area contributed by atoms with Gasteiger partial charge in [0, 0.05) is 17.1 Å². The van der Waals surface area contributed by atoms with Crippen LogP contribution in [-0.4, -0.2) is 24.2 Å². The fourth-order valence-corrected chi connectivity index (χ4v) is 2.12. The SMILES string of the molecule is COc1ccc(Nc2ncnc3cc(F)c(OC)cc23)cc1. The fraction of sp³-hybridized carbons (Fsp3) is 0.125. The Morgan fingerprint density at radius 1 is 1.00 bits per heavy atom. The van der Waals surface area contributed by atoms with Crippen LogP contribution in [0.15, 0.2) is 42.7 Å². The summed E-state index contributed by atoms with van der Waals surface area (Å²) in [5.41, 5.74) is 1.34. The number of anilines is 2. The second-order valence-electron chi connectivity index (χ2n) is 4.58. The first-order valence-corrected chi connectivity index (χ1v) is 6.60. The molecule has 0 bridgehead atoms. The molecule has 1 N–H and O–H groups in total. The van der Waals surface area contributed by atoms with Gasteiger partial charge in [0.15, 0.2) is 11.6 Å². The standard InChI is InChI=1S/C16H14FN3O2/c1-21-11-5-3-10(4-6-11)20-16-12-7-15(22-2)13(17)8-14(12)18-9-19-16/h3-9H,1-2H3,(H,18,19,20). The quantitative estimate of drug-likeness (QED) is 0.798. The normalized spacial score (nSPS) is 10.5. The predicted molar refractivity (Wildman–Crippen MR) is 82.3 cm³/mol. The summed E-state index contributed by atoms with van der Waals surface area (Å²) in [7, 11) is 3.03. The van der Waals surface area contributed by atoms with E-state index in [1.807, 2.05) is 24.3 Å². The van der Waals surface area contributed by atoms with Gasteiger partial charge in [-0.2, -0.15) is 0 Å². The number of fused-ring (bicyclic) bond motifs is 1. The Morgan fingerprint density at radius 3 is 2.45 bits per heavy atom. The van der Waals surface area contributed by atoms with E-state index in [9.17, 15) is 4.39 Å². The molecule has 0 unspecified atom stereocenters. The third-order valence-corrected chi connectivity index (χ3v) is 3.26. The molecule has 1 aromatic heterocycles. The number of hydrogen-bond donors (Lipinski definition) is 1. The van der Waals surface area contributed by atoms with E-state index in [-0.39, 0.29) is 5.75 Å². The van der Waals surface area contributed by atoms with E-state index in [2.05, 4.69) is 15.3 Å². The zero-order valence-electron chi connectivity index (χ0n) is 12.1. The van der Waals surface area contributed by atoms with E-state index >= 15 is 0 Å². The molecule has 0 aliphatic heterocycles. The molecule has 6 heteroatoms. The van der Waals surface area contributed by atoms with Crippen LogP contribution in [-0.2, 0) is 0 Å². The van der Waals surface area contributed by atoms with E-state index in [1.165, 1.54) is 19.5 Å². The molecule has 5 nitrogen and oxygen atoms in total. The van der Waals surface area contributed by atoms with E-state index < -0.39 is 5.82 Å². The lowest BCUT2D eigenvalue weighted by Gasteiger charge is -2.10. The Bertz CT molecular complexity index is 806. The monoisotopic (exact) mass is 299 g/mol. The Labute approximate surface area is 126 Å². The van der Waals surface area contributed by atoms with Crippen LogP contribution in [0, 0.1) is 5.82 Å². The van der Waals surface area contributed by atoms with Crippen LogP contribution < -0.4 is 14.8 Å². The van der Waals surface area contributed by atoms with Gasteiger partial charge in [-0.05, 0) is 30.3 Å². The van der Waals surface area contributed by atoms with Crippen LogP contribution >= 0.6 is 0 Å². The molecule has 2 aromatic carbocycles. The third kappa shape index (κ3) is 2.63. The average Bonchev–Trinajstić information content (AvgIpc) is 2.55. The summed E-state index contributed by atoms with van der Waals surface area (Å²) in [5, 5.41) is 3.86. The van der Waals surface area contributed by atoms with Crippen molar-refractivity contribution < 1.29 is 13.9 Å². The van der Waals surface area contributed by atoms with Crippen molar-refractivity contribution in [2.24, 2.45) is 0 Å². The van der Waals surface area contributed by atoms with Crippen molar-refractivity contribution in [3.05, 3.63) is 48.5 Å². The molecule has 112 valence electrons. The van der Waals surface area contributed by atoms with Crippen molar-refractivity contribution in [3.63, 3.8) is 0 Å². The van der Waals surface area contributed by atoms with E-state index in [4.69, 9.17) is 9.47 Å². The van der Waals surface area contributed by atoms with Crippen molar-refractivity contribution in [2.75, 3.05) is 19.5 Å². The Morgan fingerprint density at radius 2 is 1.77 bits per heavy atom. The number of halogens is 1. The summed E-state index contributed by atoms with van der Waals surface area (Å²) in [6.45, 7) is 0. The number of hydrogen-bond acceptors (Lipinski definition) is 5. The van der Waals surface area contributed by atoms with Crippen LogP contribution in [0.2, 0.25) is 0 Å². The van der Waals surface area contributed by atoms with Gasteiger partial charge >= 0.3 is 0 Å². The molecule has 0 saturated heterocycles. The van der Waals surface area contributed by atoms with Gasteiger partial charge in [0.05, 0.1) is 19.7 Å². The topological polar surface area (TPSA) is 56.3 Å². The maximum atomic E-state index is 13.7. The zero-order chi connectivity index (χ0) is 15.5. The molecule has 0 atom stereocenters. The average molecular weight is 299 g/mol. The van der Waals surface area contributed by atoms with Crippen molar-refractivity contribution in [3.8, 4) is 11.5 Å². The van der Waals surface area contributed by atoms with Crippen LogP contribution in [0.1, 0.15) is 0 Å². The molecule has 1 heterocycles. The molecule has 0 spiro atoms. The fourth-order valence-electron chi connectivity index (χ4n) is 2.12. The predicted octanol–water partition coefficient (Wildman–Crippen LogP) is 3.53. The highest BCUT2D eigenvalue weighted by Gasteiger charge is 2.10. The lowest BCUT2D eigenvalue weighted by Crippen LogP contribution is -1.97. The molecular formula is C16H14FN3O2. The minimum Gasteiger partial charge on any atom is -0.497 e. The van der Waals surface area contributed by atoms with Crippen LogP contribution in [0.3, 0.4) is 0 Å². The summed E-state index contributed by atoms with van der Waals surface area (Å²) >= 11 is 0. The van der Waals surface area contributed by atoms with Gasteiger partial charge in [0.2, 0.25) is 0 Å². The molecule has 0 aliphatic rings. The maximum absolute atomic E-state index is 13.7. The molecule has 0 radical (unpaired) electrons. The summed E-state index contributed by atoms with van der Waals surface area (Å²) in [5.74, 6) is 1.04. The second-order valence-corrected chi connectivity index (χ2v) is 4.58. The third-order valence-electron chi connectivity index (χ3n) is 3.26. The molecule has 3 rings (SSSR count). The lowest BCUT2D eigenvalue weighted by atomic mass is 10.2. The minimum atomic E-state index is -0.455. The second kappa shape index (κ2) is 5.85. The number of nitrogens with zero attached hydrogens (tertiary/aromatic N) is 2. The lowest BCUT2D eigenvalue weighted by molar-refractivity contribution is 0.387. The highest BCUT2D eigenvalue weighted by atomic mass is 19.1. The molecule has 0 amide bonds. The van der Waals surface area contributed by atoms with E-state index in [1.54, 1.807) is 13.2 Å². The molecule has 0 fully saturated rings. The van der Waals surface area contributed by atoms with Gasteiger partial charge < -0.3 is 14.8 Å². The van der Waals surface area contributed by atoms with Gasteiger partial charge in [0.1, 0.15) is 17.9 Å². The Kier molecular flexibility index (Phi) is 3.74. The maximum Gasteiger partial charge on any atom is 0.167 e. The van der Waals surface area contributed by atoms with Gasteiger partial charge in [-0.1, -0.05) is 0 Å². The number of nitrogens with one attached hydrogen (secondary N) is 1.